The molecule has 2 aliphatic heterocycles. The Kier molecular flexibility index (Phi) is 2.61. The second-order valence-corrected chi connectivity index (χ2v) is 5.76. The van der Waals surface area contributed by atoms with Crippen LogP contribution in [-0.4, -0.2) is 35.5 Å². The normalized spacial score (nSPS) is 17.7. The molecule has 2 aliphatic rings. The Morgan fingerprint density at radius 1 is 1.29 bits per heavy atom. The Bertz CT molecular complexity index is 798. The van der Waals surface area contributed by atoms with E-state index in [0.29, 0.717) is 0 Å². The van der Waals surface area contributed by atoms with Crippen molar-refractivity contribution in [3.8, 4) is 5.75 Å². The first-order valence-electron chi connectivity index (χ1n) is 7.32. The lowest BCUT2D eigenvalue weighted by Gasteiger charge is -2.11. The Balaban J connectivity index is 1.97. The molecule has 4 rings (SSSR count). The standard InChI is InChI=1S/C17H19N3O/c1-11-17-13(6-7-20(17)10-18-11)15-9-19(2)16-5-4-12(21-3)8-14(15)16/h4-5,8-9H,6-7,10H2,1-3H3. The van der Waals surface area contributed by atoms with Crippen LogP contribution >= 0.6 is 0 Å². The first-order chi connectivity index (χ1) is 10.2. The molecule has 0 spiro atoms. The Morgan fingerprint density at radius 2 is 2.14 bits per heavy atom. The molecule has 0 saturated heterocycles. The average molecular weight is 281 g/mol. The molecule has 0 amide bonds. The lowest BCUT2D eigenvalue weighted by atomic mass is 10.0. The van der Waals surface area contributed by atoms with Gasteiger partial charge in [0, 0.05) is 36.3 Å². The van der Waals surface area contributed by atoms with Crippen molar-refractivity contribution in [3.63, 3.8) is 0 Å². The van der Waals surface area contributed by atoms with Gasteiger partial charge in [-0.05, 0) is 37.1 Å². The van der Waals surface area contributed by atoms with Crippen molar-refractivity contribution in [2.24, 2.45) is 12.0 Å². The zero-order chi connectivity index (χ0) is 14.6. The molecular weight excluding hydrogens is 262 g/mol. The minimum absolute atomic E-state index is 0.818. The van der Waals surface area contributed by atoms with Crippen LogP contribution in [0, 0.1) is 0 Å². The van der Waals surface area contributed by atoms with Crippen molar-refractivity contribution < 1.29 is 4.74 Å². The molecule has 1 aromatic carbocycles. The number of fused-ring (bicyclic) bond motifs is 2. The van der Waals surface area contributed by atoms with Gasteiger partial charge in [-0.2, -0.15) is 0 Å². The van der Waals surface area contributed by atoms with Crippen LogP contribution in [0.5, 0.6) is 5.75 Å². The average Bonchev–Trinajstić information content (AvgIpc) is 3.15. The molecular formula is C17H19N3O. The van der Waals surface area contributed by atoms with Gasteiger partial charge in [-0.1, -0.05) is 0 Å². The molecule has 0 fully saturated rings. The second-order valence-electron chi connectivity index (χ2n) is 5.76. The summed E-state index contributed by atoms with van der Waals surface area (Å²) in [5.74, 6) is 0.909. The van der Waals surface area contributed by atoms with E-state index in [9.17, 15) is 0 Å². The first kappa shape index (κ1) is 12.5. The van der Waals surface area contributed by atoms with E-state index in [4.69, 9.17) is 4.74 Å². The fraction of sp³-hybridized carbons (Fsp3) is 0.353. The molecule has 3 heterocycles. The molecule has 0 radical (unpaired) electrons. The number of aliphatic imine (C=N–C) groups is 1. The summed E-state index contributed by atoms with van der Waals surface area (Å²) in [6.07, 6.45) is 3.33. The van der Waals surface area contributed by atoms with E-state index in [1.54, 1.807) is 7.11 Å². The van der Waals surface area contributed by atoms with Gasteiger partial charge in [0.15, 0.2) is 0 Å². The number of nitrogens with zero attached hydrogens (tertiary/aromatic N) is 3. The van der Waals surface area contributed by atoms with Crippen LogP contribution in [0.25, 0.3) is 16.5 Å². The van der Waals surface area contributed by atoms with Gasteiger partial charge >= 0.3 is 0 Å². The molecule has 0 atom stereocenters. The predicted molar refractivity (Wildman–Crippen MR) is 85.7 cm³/mol. The number of aryl methyl sites for hydroxylation is 1. The van der Waals surface area contributed by atoms with E-state index in [2.05, 4.69) is 46.8 Å². The fourth-order valence-electron chi connectivity index (χ4n) is 3.52. The van der Waals surface area contributed by atoms with Crippen LogP contribution < -0.4 is 4.74 Å². The number of methoxy groups -OCH3 is 1. The number of benzene rings is 1. The van der Waals surface area contributed by atoms with Crippen LogP contribution in [0.3, 0.4) is 0 Å². The third-order valence-electron chi connectivity index (χ3n) is 4.58. The molecule has 2 aromatic rings. The zero-order valence-electron chi connectivity index (χ0n) is 12.7. The molecule has 0 N–H and O–H groups in total. The van der Waals surface area contributed by atoms with Crippen LogP contribution in [-0.2, 0) is 7.05 Å². The van der Waals surface area contributed by atoms with E-state index in [0.717, 1.165) is 25.4 Å². The van der Waals surface area contributed by atoms with Crippen molar-refractivity contribution in [2.75, 3.05) is 20.3 Å². The monoisotopic (exact) mass is 281 g/mol. The lowest BCUT2D eigenvalue weighted by molar-refractivity contribution is 0.415. The van der Waals surface area contributed by atoms with Gasteiger partial charge in [0.25, 0.3) is 0 Å². The van der Waals surface area contributed by atoms with Crippen molar-refractivity contribution in [1.29, 1.82) is 0 Å². The molecule has 0 unspecified atom stereocenters. The molecule has 108 valence electrons. The summed E-state index contributed by atoms with van der Waals surface area (Å²) in [4.78, 5) is 6.95. The minimum atomic E-state index is 0.818. The third kappa shape index (κ3) is 1.71. The van der Waals surface area contributed by atoms with E-state index in [-0.39, 0.29) is 0 Å². The summed E-state index contributed by atoms with van der Waals surface area (Å²) >= 11 is 0. The number of hydrogen-bond acceptors (Lipinski definition) is 3. The van der Waals surface area contributed by atoms with E-state index >= 15 is 0 Å². The van der Waals surface area contributed by atoms with Gasteiger partial charge in [-0.3, -0.25) is 4.99 Å². The summed E-state index contributed by atoms with van der Waals surface area (Å²) in [6, 6.07) is 6.29. The van der Waals surface area contributed by atoms with E-state index in [1.807, 2.05) is 6.07 Å². The number of ether oxygens (including phenoxy) is 1. The first-order valence-corrected chi connectivity index (χ1v) is 7.32. The van der Waals surface area contributed by atoms with Crippen LogP contribution in [0.4, 0.5) is 0 Å². The van der Waals surface area contributed by atoms with Gasteiger partial charge in [0.2, 0.25) is 0 Å². The Hall–Kier alpha value is -2.23. The number of allylic oxidation sites excluding steroid dienone is 1. The highest BCUT2D eigenvalue weighted by atomic mass is 16.5. The highest BCUT2D eigenvalue weighted by molar-refractivity contribution is 6.09. The van der Waals surface area contributed by atoms with Crippen LogP contribution in [0.15, 0.2) is 35.1 Å². The molecule has 4 heteroatoms. The predicted octanol–water partition coefficient (Wildman–Crippen LogP) is 3.04. The number of rotatable bonds is 2. The highest BCUT2D eigenvalue weighted by Crippen LogP contribution is 2.39. The summed E-state index contributed by atoms with van der Waals surface area (Å²) in [5.41, 5.74) is 6.49. The molecule has 0 saturated carbocycles. The fourth-order valence-corrected chi connectivity index (χ4v) is 3.52. The maximum atomic E-state index is 5.40. The van der Waals surface area contributed by atoms with Crippen LogP contribution in [0.1, 0.15) is 18.9 Å². The molecule has 0 bridgehead atoms. The topological polar surface area (TPSA) is 29.8 Å². The SMILES string of the molecule is COc1ccc2c(c1)c(C1=C3C(C)=NCN3CC1)cn2C. The van der Waals surface area contributed by atoms with Crippen molar-refractivity contribution >= 4 is 22.2 Å². The van der Waals surface area contributed by atoms with Crippen molar-refractivity contribution in [1.82, 2.24) is 9.47 Å². The molecule has 4 nitrogen and oxygen atoms in total. The number of hydrogen-bond donors (Lipinski definition) is 0. The lowest BCUT2D eigenvalue weighted by Crippen LogP contribution is -2.15. The maximum absolute atomic E-state index is 5.40. The number of aromatic nitrogens is 1. The van der Waals surface area contributed by atoms with Crippen molar-refractivity contribution in [3.05, 3.63) is 35.7 Å². The van der Waals surface area contributed by atoms with Crippen LogP contribution in [0.2, 0.25) is 0 Å². The summed E-state index contributed by atoms with van der Waals surface area (Å²) in [6.45, 7) is 4.01. The second kappa shape index (κ2) is 4.38. The molecule has 1 aromatic heterocycles. The summed E-state index contributed by atoms with van der Waals surface area (Å²) < 4.78 is 7.59. The van der Waals surface area contributed by atoms with Crippen molar-refractivity contribution in [2.45, 2.75) is 13.3 Å². The Labute approximate surface area is 124 Å². The van der Waals surface area contributed by atoms with Gasteiger partial charge in [0.05, 0.1) is 18.5 Å². The van der Waals surface area contributed by atoms with Gasteiger partial charge in [0.1, 0.15) is 12.4 Å². The highest BCUT2D eigenvalue weighted by Gasteiger charge is 2.30. The quantitative estimate of drug-likeness (QED) is 0.847. The van der Waals surface area contributed by atoms with Gasteiger partial charge in [-0.15, -0.1) is 0 Å². The zero-order valence-corrected chi connectivity index (χ0v) is 12.7. The Morgan fingerprint density at radius 3 is 2.95 bits per heavy atom. The third-order valence-corrected chi connectivity index (χ3v) is 4.58. The molecule has 21 heavy (non-hydrogen) atoms. The summed E-state index contributed by atoms with van der Waals surface area (Å²) in [7, 11) is 3.82. The largest absolute Gasteiger partial charge is 0.497 e. The smallest absolute Gasteiger partial charge is 0.119 e. The van der Waals surface area contributed by atoms with Gasteiger partial charge in [-0.25, -0.2) is 0 Å². The van der Waals surface area contributed by atoms with E-state index < -0.39 is 0 Å². The maximum Gasteiger partial charge on any atom is 0.119 e. The van der Waals surface area contributed by atoms with Gasteiger partial charge < -0.3 is 14.2 Å². The molecule has 0 aliphatic carbocycles. The summed E-state index contributed by atoms with van der Waals surface area (Å²) in [5, 5.41) is 1.26. The van der Waals surface area contributed by atoms with E-state index in [1.165, 1.54) is 33.4 Å². The minimum Gasteiger partial charge on any atom is -0.497 e.